The SMILES string of the molecule is Cc1cccc(CN(C(=O)CN(c2ccc(C)c(Cl)c2)S(C)(=O)=O)C(C)C(=O)NC(C)(C)C)c1. The van der Waals surface area contributed by atoms with E-state index >= 15 is 0 Å². The minimum Gasteiger partial charge on any atom is -0.350 e. The minimum atomic E-state index is -3.80. The van der Waals surface area contributed by atoms with E-state index in [-0.39, 0.29) is 18.1 Å². The summed E-state index contributed by atoms with van der Waals surface area (Å²) in [5, 5.41) is 3.29. The summed E-state index contributed by atoms with van der Waals surface area (Å²) in [6.07, 6.45) is 1.04. The van der Waals surface area contributed by atoms with Crippen LogP contribution in [0.3, 0.4) is 0 Å². The molecule has 34 heavy (non-hydrogen) atoms. The molecular formula is C25H34ClN3O4S. The highest BCUT2D eigenvalue weighted by Gasteiger charge is 2.31. The first-order valence-corrected chi connectivity index (χ1v) is 13.2. The largest absolute Gasteiger partial charge is 0.350 e. The van der Waals surface area contributed by atoms with Crippen molar-refractivity contribution in [1.29, 1.82) is 0 Å². The Bertz CT molecular complexity index is 1160. The van der Waals surface area contributed by atoms with E-state index in [0.29, 0.717) is 5.02 Å². The van der Waals surface area contributed by atoms with Crippen LogP contribution in [-0.4, -0.2) is 49.5 Å². The number of hydrogen-bond acceptors (Lipinski definition) is 4. The second kappa shape index (κ2) is 10.8. The maximum Gasteiger partial charge on any atom is 0.244 e. The van der Waals surface area contributed by atoms with Crippen LogP contribution in [0.4, 0.5) is 5.69 Å². The molecule has 0 bridgehead atoms. The molecule has 0 aromatic heterocycles. The molecular weight excluding hydrogens is 474 g/mol. The summed E-state index contributed by atoms with van der Waals surface area (Å²) in [6, 6.07) is 11.6. The third-order valence-electron chi connectivity index (χ3n) is 5.22. The van der Waals surface area contributed by atoms with E-state index < -0.39 is 34.1 Å². The van der Waals surface area contributed by atoms with Gasteiger partial charge in [0.2, 0.25) is 21.8 Å². The summed E-state index contributed by atoms with van der Waals surface area (Å²) in [6.45, 7) is 10.7. The lowest BCUT2D eigenvalue weighted by molar-refractivity contribution is -0.140. The maximum absolute atomic E-state index is 13.5. The zero-order chi connectivity index (χ0) is 25.8. The van der Waals surface area contributed by atoms with Crippen LogP contribution < -0.4 is 9.62 Å². The van der Waals surface area contributed by atoms with Crippen molar-refractivity contribution >= 4 is 39.1 Å². The normalized spacial score (nSPS) is 12.7. The number of benzene rings is 2. The van der Waals surface area contributed by atoms with E-state index in [1.54, 1.807) is 26.0 Å². The zero-order valence-corrected chi connectivity index (χ0v) is 22.4. The van der Waals surface area contributed by atoms with E-state index in [1.807, 2.05) is 52.0 Å². The third kappa shape index (κ3) is 7.74. The first-order chi connectivity index (χ1) is 15.6. The van der Waals surface area contributed by atoms with Gasteiger partial charge in [0.05, 0.1) is 11.9 Å². The van der Waals surface area contributed by atoms with Crippen molar-refractivity contribution in [2.45, 2.75) is 59.7 Å². The van der Waals surface area contributed by atoms with Gasteiger partial charge in [-0.1, -0.05) is 47.5 Å². The first-order valence-electron chi connectivity index (χ1n) is 11.0. The van der Waals surface area contributed by atoms with Gasteiger partial charge in [-0.2, -0.15) is 0 Å². The molecule has 0 heterocycles. The Labute approximate surface area is 208 Å². The Kier molecular flexibility index (Phi) is 8.77. The fourth-order valence-electron chi connectivity index (χ4n) is 3.41. The molecule has 2 amide bonds. The Morgan fingerprint density at radius 3 is 2.26 bits per heavy atom. The summed E-state index contributed by atoms with van der Waals surface area (Å²) in [7, 11) is -3.80. The highest BCUT2D eigenvalue weighted by molar-refractivity contribution is 7.92. The topological polar surface area (TPSA) is 86.8 Å². The van der Waals surface area contributed by atoms with Crippen LogP contribution in [-0.2, 0) is 26.2 Å². The molecule has 0 aliphatic rings. The predicted molar refractivity (Wildman–Crippen MR) is 137 cm³/mol. The summed E-state index contributed by atoms with van der Waals surface area (Å²) in [5.74, 6) is -0.821. The molecule has 0 aliphatic carbocycles. The van der Waals surface area contributed by atoms with Crippen LogP contribution in [0.2, 0.25) is 5.02 Å². The lowest BCUT2D eigenvalue weighted by Crippen LogP contribution is -2.54. The van der Waals surface area contributed by atoms with Crippen LogP contribution in [0.15, 0.2) is 42.5 Å². The molecule has 0 saturated heterocycles. The maximum atomic E-state index is 13.5. The van der Waals surface area contributed by atoms with Gasteiger partial charge in [-0.3, -0.25) is 13.9 Å². The average molecular weight is 508 g/mol. The van der Waals surface area contributed by atoms with E-state index in [0.717, 1.165) is 27.3 Å². The molecule has 9 heteroatoms. The Hall–Kier alpha value is -2.58. The van der Waals surface area contributed by atoms with Gasteiger partial charge in [0.15, 0.2) is 0 Å². The number of halogens is 1. The van der Waals surface area contributed by atoms with Gasteiger partial charge in [-0.05, 0) is 64.8 Å². The first kappa shape index (κ1) is 27.7. The molecule has 186 valence electrons. The van der Waals surface area contributed by atoms with Crippen LogP contribution in [0.1, 0.15) is 44.4 Å². The highest BCUT2D eigenvalue weighted by Crippen LogP contribution is 2.25. The average Bonchev–Trinajstić information content (AvgIpc) is 2.69. The summed E-state index contributed by atoms with van der Waals surface area (Å²) in [4.78, 5) is 27.9. The second-order valence-corrected chi connectivity index (χ2v) is 11.9. The Morgan fingerprint density at radius 1 is 1.09 bits per heavy atom. The predicted octanol–water partition coefficient (Wildman–Crippen LogP) is 4.05. The molecule has 1 N–H and O–H groups in total. The molecule has 1 unspecified atom stereocenters. The number of nitrogens with zero attached hydrogens (tertiary/aromatic N) is 2. The van der Waals surface area contributed by atoms with Crippen LogP contribution >= 0.6 is 11.6 Å². The summed E-state index contributed by atoms with van der Waals surface area (Å²) in [5.41, 5.74) is 2.45. The molecule has 2 rings (SSSR count). The third-order valence-corrected chi connectivity index (χ3v) is 6.77. The van der Waals surface area contributed by atoms with Crippen molar-refractivity contribution in [3.63, 3.8) is 0 Å². The van der Waals surface area contributed by atoms with E-state index in [2.05, 4.69) is 5.32 Å². The number of hydrogen-bond donors (Lipinski definition) is 1. The molecule has 2 aromatic rings. The quantitative estimate of drug-likeness (QED) is 0.583. The number of sulfonamides is 1. The number of carbonyl (C=O) groups is 2. The number of anilines is 1. The van der Waals surface area contributed by atoms with Crippen molar-refractivity contribution in [1.82, 2.24) is 10.2 Å². The second-order valence-electron chi connectivity index (χ2n) is 9.63. The Morgan fingerprint density at radius 2 is 1.74 bits per heavy atom. The number of aryl methyl sites for hydroxylation is 2. The van der Waals surface area contributed by atoms with E-state index in [4.69, 9.17) is 11.6 Å². The number of rotatable bonds is 8. The lowest BCUT2D eigenvalue weighted by Gasteiger charge is -2.33. The lowest BCUT2D eigenvalue weighted by atomic mass is 10.1. The molecule has 0 aliphatic heterocycles. The van der Waals surface area contributed by atoms with Crippen molar-refractivity contribution in [2.24, 2.45) is 0 Å². The molecule has 0 radical (unpaired) electrons. The molecule has 0 saturated carbocycles. The van der Waals surface area contributed by atoms with Crippen LogP contribution in [0.25, 0.3) is 0 Å². The molecule has 1 atom stereocenters. The van der Waals surface area contributed by atoms with Gasteiger partial charge >= 0.3 is 0 Å². The highest BCUT2D eigenvalue weighted by atomic mass is 35.5. The molecule has 7 nitrogen and oxygen atoms in total. The van der Waals surface area contributed by atoms with Gasteiger partial charge < -0.3 is 10.2 Å². The monoisotopic (exact) mass is 507 g/mol. The van der Waals surface area contributed by atoms with Gasteiger partial charge in [0.25, 0.3) is 0 Å². The van der Waals surface area contributed by atoms with Crippen molar-refractivity contribution in [3.8, 4) is 0 Å². The number of amides is 2. The fourth-order valence-corrected chi connectivity index (χ4v) is 4.43. The smallest absolute Gasteiger partial charge is 0.244 e. The van der Waals surface area contributed by atoms with Gasteiger partial charge in [0, 0.05) is 17.1 Å². The van der Waals surface area contributed by atoms with Crippen molar-refractivity contribution in [3.05, 3.63) is 64.2 Å². The number of carbonyl (C=O) groups excluding carboxylic acids is 2. The Balaban J connectivity index is 2.43. The standard InChI is InChI=1S/C25H34ClN3O4S/c1-17-9-8-10-20(13-17)15-28(19(3)24(31)27-25(4,5)6)23(30)16-29(34(7,32)33)21-12-11-18(2)22(26)14-21/h8-14,19H,15-16H2,1-7H3,(H,27,31). The van der Waals surface area contributed by atoms with Gasteiger partial charge in [0.1, 0.15) is 12.6 Å². The van der Waals surface area contributed by atoms with Gasteiger partial charge in [-0.25, -0.2) is 8.42 Å². The fraction of sp³-hybridized carbons (Fsp3) is 0.440. The molecule has 0 fully saturated rings. The van der Waals surface area contributed by atoms with Crippen molar-refractivity contribution in [2.75, 3.05) is 17.1 Å². The number of nitrogens with one attached hydrogen (secondary N) is 1. The van der Waals surface area contributed by atoms with Crippen molar-refractivity contribution < 1.29 is 18.0 Å². The summed E-state index contributed by atoms with van der Waals surface area (Å²) < 4.78 is 26.2. The van der Waals surface area contributed by atoms with Gasteiger partial charge in [-0.15, -0.1) is 0 Å². The van der Waals surface area contributed by atoms with Crippen LogP contribution in [0.5, 0.6) is 0 Å². The van der Waals surface area contributed by atoms with Crippen LogP contribution in [0, 0.1) is 13.8 Å². The molecule has 0 spiro atoms. The molecule has 2 aromatic carbocycles. The van der Waals surface area contributed by atoms with E-state index in [1.165, 1.54) is 11.0 Å². The van der Waals surface area contributed by atoms with E-state index in [9.17, 15) is 18.0 Å². The summed E-state index contributed by atoms with van der Waals surface area (Å²) >= 11 is 6.21. The zero-order valence-electron chi connectivity index (χ0n) is 20.8. The minimum absolute atomic E-state index is 0.158.